The van der Waals surface area contributed by atoms with Crippen LogP contribution in [-0.4, -0.2) is 21.1 Å². The first kappa shape index (κ1) is 18.8. The first-order valence-corrected chi connectivity index (χ1v) is 11.2. The van der Waals surface area contributed by atoms with Crippen LogP contribution in [0.1, 0.15) is 16.7 Å². The third kappa shape index (κ3) is 3.99. The van der Waals surface area contributed by atoms with Gasteiger partial charge in [0.1, 0.15) is 9.13 Å². The Hall–Kier alpha value is -1.59. The number of benzene rings is 3. The third-order valence-corrected chi connectivity index (χ3v) is 7.81. The second-order valence-electron chi connectivity index (χ2n) is 6.39. The smallest absolute Gasteiger partial charge is 0.143 e. The predicted molar refractivity (Wildman–Crippen MR) is 122 cm³/mol. The number of hydrogen-bond donors (Lipinski definition) is 0. The van der Waals surface area contributed by atoms with Gasteiger partial charge in [-0.3, -0.25) is 0 Å². The number of rotatable bonds is 6. The van der Waals surface area contributed by atoms with Gasteiger partial charge in [-0.1, -0.05) is 103 Å². The predicted octanol–water partition coefficient (Wildman–Crippen LogP) is 6.13. The highest BCUT2D eigenvalue weighted by Crippen LogP contribution is 2.42. The molecule has 0 saturated carbocycles. The zero-order chi connectivity index (χ0) is 18.5. The van der Waals surface area contributed by atoms with Crippen molar-refractivity contribution in [3.05, 3.63) is 108 Å². The van der Waals surface area contributed by atoms with Gasteiger partial charge in [-0.05, 0) is 16.7 Å². The molecule has 0 spiro atoms. The van der Waals surface area contributed by atoms with Crippen molar-refractivity contribution in [2.75, 3.05) is 12.4 Å². The van der Waals surface area contributed by atoms with Crippen LogP contribution in [0.15, 0.2) is 91.0 Å². The van der Waals surface area contributed by atoms with Gasteiger partial charge in [0.25, 0.3) is 0 Å². The molecule has 27 heavy (non-hydrogen) atoms. The molecule has 1 saturated heterocycles. The van der Waals surface area contributed by atoms with E-state index in [9.17, 15) is 0 Å². The Kier molecular flexibility index (Phi) is 5.98. The zero-order valence-corrected chi connectivity index (χ0v) is 17.2. The first-order chi connectivity index (χ1) is 13.3. The lowest BCUT2D eigenvalue weighted by Crippen LogP contribution is -2.35. The molecule has 3 aromatic carbocycles. The first-order valence-electron chi connectivity index (χ1n) is 8.93. The van der Waals surface area contributed by atoms with Crippen molar-refractivity contribution < 1.29 is 4.74 Å². The van der Waals surface area contributed by atoms with Gasteiger partial charge in [0.05, 0.1) is 6.61 Å². The fourth-order valence-corrected chi connectivity index (χ4v) is 6.23. The number of thioether (sulfide) groups is 2. The summed E-state index contributed by atoms with van der Waals surface area (Å²) in [5.74, 6) is 1.01. The van der Waals surface area contributed by atoms with Crippen LogP contribution in [0.4, 0.5) is 0 Å². The molecule has 0 amide bonds. The maximum atomic E-state index is 6.83. The molecule has 3 aromatic rings. The topological polar surface area (TPSA) is 9.23 Å². The van der Waals surface area contributed by atoms with Crippen molar-refractivity contribution >= 4 is 39.3 Å². The lowest BCUT2D eigenvalue weighted by molar-refractivity contribution is 0.0159. The van der Waals surface area contributed by atoms with Crippen molar-refractivity contribution in [3.63, 3.8) is 0 Å². The summed E-state index contributed by atoms with van der Waals surface area (Å²) in [4.78, 5) is 0. The number of thiocarbonyl (C=S) groups is 1. The van der Waals surface area contributed by atoms with E-state index in [-0.39, 0.29) is 0 Å². The molecular formula is C23H20OS3. The van der Waals surface area contributed by atoms with Crippen LogP contribution in [-0.2, 0) is 10.3 Å². The van der Waals surface area contributed by atoms with Crippen LogP contribution in [0, 0.1) is 0 Å². The third-order valence-electron chi connectivity index (χ3n) is 4.68. The maximum absolute atomic E-state index is 6.83. The second kappa shape index (κ2) is 8.61. The van der Waals surface area contributed by atoms with E-state index in [1.807, 2.05) is 18.2 Å². The van der Waals surface area contributed by atoms with Crippen molar-refractivity contribution in [3.8, 4) is 0 Å². The maximum Gasteiger partial charge on any atom is 0.143 e. The van der Waals surface area contributed by atoms with Crippen LogP contribution in [0.5, 0.6) is 0 Å². The molecule has 4 heteroatoms. The van der Waals surface area contributed by atoms with Gasteiger partial charge in [0, 0.05) is 11.0 Å². The molecule has 1 heterocycles. The summed E-state index contributed by atoms with van der Waals surface area (Å²) < 4.78 is 7.85. The van der Waals surface area contributed by atoms with Gasteiger partial charge >= 0.3 is 0 Å². The largest absolute Gasteiger partial charge is 0.360 e. The quantitative estimate of drug-likeness (QED) is 0.358. The SMILES string of the molecule is S=C1SCC(COC(c2ccccc2)(c2ccccc2)c2ccccc2)S1. The van der Waals surface area contributed by atoms with Crippen LogP contribution in [0.3, 0.4) is 0 Å². The summed E-state index contributed by atoms with van der Waals surface area (Å²) in [5, 5.41) is 0.387. The second-order valence-corrected chi connectivity index (χ2v) is 9.92. The monoisotopic (exact) mass is 408 g/mol. The molecule has 1 aliphatic heterocycles. The van der Waals surface area contributed by atoms with E-state index >= 15 is 0 Å². The Bertz CT molecular complexity index is 785. The highest BCUT2D eigenvalue weighted by atomic mass is 32.2. The number of hydrogen-bond acceptors (Lipinski definition) is 4. The molecule has 136 valence electrons. The molecule has 1 nitrogen and oxygen atoms in total. The summed E-state index contributed by atoms with van der Waals surface area (Å²) in [6.45, 7) is 0.649. The van der Waals surface area contributed by atoms with Crippen LogP contribution in [0.2, 0.25) is 0 Å². The Labute approximate surface area is 174 Å². The minimum atomic E-state index is -0.640. The Balaban J connectivity index is 1.82. The van der Waals surface area contributed by atoms with E-state index in [0.717, 1.165) is 26.0 Å². The van der Waals surface area contributed by atoms with Crippen LogP contribution < -0.4 is 0 Å². The molecule has 0 bridgehead atoms. The lowest BCUT2D eigenvalue weighted by atomic mass is 9.80. The molecule has 0 N–H and O–H groups in total. The van der Waals surface area contributed by atoms with E-state index in [4.69, 9.17) is 17.0 Å². The van der Waals surface area contributed by atoms with Crippen molar-refractivity contribution in [1.82, 2.24) is 0 Å². The van der Waals surface area contributed by atoms with Crippen molar-refractivity contribution in [1.29, 1.82) is 0 Å². The van der Waals surface area contributed by atoms with E-state index in [1.165, 1.54) is 0 Å². The van der Waals surface area contributed by atoms with Gasteiger partial charge in [-0.2, -0.15) is 0 Å². The van der Waals surface area contributed by atoms with Gasteiger partial charge in [-0.15, -0.1) is 23.5 Å². The van der Waals surface area contributed by atoms with Gasteiger partial charge in [0.2, 0.25) is 0 Å². The molecule has 1 fully saturated rings. The molecule has 0 aliphatic carbocycles. The fourth-order valence-electron chi connectivity index (χ4n) is 3.43. The standard InChI is InChI=1S/C23H20OS3/c25-22-26-17-21(27-22)16-24-23(18-10-4-1-5-11-18,19-12-6-2-7-13-19)20-14-8-3-9-15-20/h1-15,21H,16-17H2. The zero-order valence-electron chi connectivity index (χ0n) is 14.8. The lowest BCUT2D eigenvalue weighted by Gasteiger charge is -2.36. The Morgan fingerprint density at radius 2 is 1.22 bits per heavy atom. The van der Waals surface area contributed by atoms with Crippen molar-refractivity contribution in [2.45, 2.75) is 10.9 Å². The van der Waals surface area contributed by atoms with Crippen molar-refractivity contribution in [2.24, 2.45) is 0 Å². The summed E-state index contributed by atoms with van der Waals surface area (Å²) in [6, 6.07) is 31.5. The molecule has 0 radical (unpaired) electrons. The average Bonchev–Trinajstić information content (AvgIpc) is 3.16. The van der Waals surface area contributed by atoms with E-state index in [1.54, 1.807) is 23.5 Å². The van der Waals surface area contributed by atoms with Gasteiger partial charge < -0.3 is 4.74 Å². The van der Waals surface area contributed by atoms with E-state index in [2.05, 4.69) is 72.8 Å². The molecular weight excluding hydrogens is 388 g/mol. The summed E-state index contributed by atoms with van der Waals surface area (Å²) >= 11 is 8.87. The highest BCUT2D eigenvalue weighted by Gasteiger charge is 2.38. The Morgan fingerprint density at radius 3 is 1.59 bits per heavy atom. The average molecular weight is 409 g/mol. The van der Waals surface area contributed by atoms with Gasteiger partial charge in [0.15, 0.2) is 0 Å². The molecule has 1 unspecified atom stereocenters. The normalized spacial score (nSPS) is 17.2. The summed E-state index contributed by atoms with van der Waals surface area (Å²) in [6.07, 6.45) is 0. The Morgan fingerprint density at radius 1 is 0.778 bits per heavy atom. The molecule has 4 rings (SSSR count). The van der Waals surface area contributed by atoms with Gasteiger partial charge in [-0.25, -0.2) is 0 Å². The van der Waals surface area contributed by atoms with E-state index in [0.29, 0.717) is 11.9 Å². The molecule has 0 aromatic heterocycles. The summed E-state index contributed by atoms with van der Waals surface area (Å²) in [5.41, 5.74) is 2.78. The highest BCUT2D eigenvalue weighted by molar-refractivity contribution is 8.49. The molecule has 1 atom stereocenters. The summed E-state index contributed by atoms with van der Waals surface area (Å²) in [7, 11) is 0. The van der Waals surface area contributed by atoms with Crippen LogP contribution >= 0.6 is 35.7 Å². The minimum Gasteiger partial charge on any atom is -0.360 e. The molecule has 1 aliphatic rings. The fraction of sp³-hybridized carbons (Fsp3) is 0.174. The van der Waals surface area contributed by atoms with Crippen LogP contribution in [0.25, 0.3) is 0 Å². The number of ether oxygens (including phenoxy) is 1. The van der Waals surface area contributed by atoms with E-state index < -0.39 is 5.60 Å². The minimum absolute atomic E-state index is 0.387.